The number of aromatic nitrogens is 4. The number of hydrogen-bond donors (Lipinski definition) is 1. The number of fused-ring (bicyclic) bond motifs is 2. The van der Waals surface area contributed by atoms with Crippen LogP contribution in [0.15, 0.2) is 40.2 Å². The fourth-order valence-electron chi connectivity index (χ4n) is 4.37. The third-order valence-corrected chi connectivity index (χ3v) is 6.07. The Morgan fingerprint density at radius 1 is 0.914 bits per heavy atom. The number of nitrogens with one attached hydrogen (secondary N) is 1. The molecule has 1 aliphatic rings. The number of imidazole rings is 1. The molecule has 0 bridgehead atoms. The minimum atomic E-state index is -0.342. The molecular weight excluding hydrogens is 438 g/mol. The second kappa shape index (κ2) is 16.1. The Kier molecular flexibility index (Phi) is 14.0. The summed E-state index contributed by atoms with van der Waals surface area (Å²) >= 11 is 0. The van der Waals surface area contributed by atoms with Crippen molar-refractivity contribution in [3.05, 3.63) is 62.6 Å². The Labute approximate surface area is 211 Å². The lowest BCUT2D eigenvalue weighted by molar-refractivity contribution is 0.497. The highest BCUT2D eigenvalue weighted by Crippen LogP contribution is 2.30. The first-order valence-corrected chi connectivity index (χ1v) is 13.5. The van der Waals surface area contributed by atoms with Gasteiger partial charge in [-0.2, -0.15) is 0 Å². The Hall–Kier alpha value is -2.67. The van der Waals surface area contributed by atoms with Gasteiger partial charge in [0.25, 0.3) is 5.56 Å². The zero-order valence-corrected chi connectivity index (χ0v) is 23.2. The van der Waals surface area contributed by atoms with E-state index in [2.05, 4.69) is 34.6 Å². The van der Waals surface area contributed by atoms with Crippen molar-refractivity contribution in [2.75, 3.05) is 6.54 Å². The Morgan fingerprint density at radius 3 is 2.29 bits per heavy atom. The lowest BCUT2D eigenvalue weighted by Gasteiger charge is -2.14. The van der Waals surface area contributed by atoms with Gasteiger partial charge in [-0.3, -0.25) is 13.9 Å². The van der Waals surface area contributed by atoms with Crippen LogP contribution in [0, 0.1) is 0 Å². The van der Waals surface area contributed by atoms with Gasteiger partial charge in [0.05, 0.1) is 6.33 Å². The maximum Gasteiger partial charge on any atom is 0.332 e. The van der Waals surface area contributed by atoms with Crippen molar-refractivity contribution in [1.29, 1.82) is 0 Å². The van der Waals surface area contributed by atoms with E-state index in [1.807, 2.05) is 46.1 Å². The predicted molar refractivity (Wildman–Crippen MR) is 148 cm³/mol. The second-order valence-electron chi connectivity index (χ2n) is 7.97. The van der Waals surface area contributed by atoms with Crippen LogP contribution in [0.2, 0.25) is 0 Å². The summed E-state index contributed by atoms with van der Waals surface area (Å²) in [6, 6.07) is 9.24. The molecule has 2 heterocycles. The standard InChI is InChI=1S/C22H29N5O2.3C2H6/c1-25-20-19(21(28)26(2)22(25)29)27(15-24-20)14-8-4-3-7-13-23-18-12-11-16-9-5-6-10-17(16)18;3*1-2/h5-6,9-10,15,18,23H,3-4,7-8,11-14H2,1-2H3;3*1-2H3. The number of nitrogens with zero attached hydrogens (tertiary/aromatic N) is 4. The van der Waals surface area contributed by atoms with Crippen LogP contribution in [0.3, 0.4) is 0 Å². The van der Waals surface area contributed by atoms with E-state index in [0.717, 1.165) is 43.3 Å². The van der Waals surface area contributed by atoms with Gasteiger partial charge >= 0.3 is 5.69 Å². The molecule has 1 aromatic carbocycles. The number of hydrogen-bond acceptors (Lipinski definition) is 4. The van der Waals surface area contributed by atoms with Crippen LogP contribution >= 0.6 is 0 Å². The maximum atomic E-state index is 12.5. The summed E-state index contributed by atoms with van der Waals surface area (Å²) in [6.45, 7) is 13.8. The third-order valence-electron chi connectivity index (χ3n) is 6.07. The molecule has 0 amide bonds. The molecule has 1 aliphatic carbocycles. The quantitative estimate of drug-likeness (QED) is 0.437. The van der Waals surface area contributed by atoms with Crippen molar-refractivity contribution in [3.8, 4) is 0 Å². The van der Waals surface area contributed by atoms with E-state index in [0.29, 0.717) is 17.2 Å². The van der Waals surface area contributed by atoms with Crippen LogP contribution in [-0.4, -0.2) is 25.2 Å². The Balaban J connectivity index is 0.000000949. The van der Waals surface area contributed by atoms with Gasteiger partial charge in [-0.05, 0) is 43.4 Å². The average molecular weight is 486 g/mol. The topological polar surface area (TPSA) is 73.8 Å². The zero-order valence-electron chi connectivity index (χ0n) is 23.2. The smallest absolute Gasteiger partial charge is 0.325 e. The van der Waals surface area contributed by atoms with E-state index in [9.17, 15) is 9.59 Å². The molecule has 0 spiro atoms. The van der Waals surface area contributed by atoms with Crippen molar-refractivity contribution in [1.82, 2.24) is 24.0 Å². The molecule has 0 fully saturated rings. The molecule has 2 aromatic heterocycles. The SMILES string of the molecule is CC.CC.CC.Cn1c(=O)c2c(ncn2CCCCCCNC2CCc3ccccc32)n(C)c1=O. The molecule has 1 atom stereocenters. The van der Waals surface area contributed by atoms with E-state index in [1.54, 1.807) is 13.4 Å². The number of benzene rings is 1. The zero-order chi connectivity index (χ0) is 26.4. The molecular formula is C28H47N5O2. The molecule has 0 saturated heterocycles. The molecule has 0 saturated carbocycles. The minimum absolute atomic E-state index is 0.276. The largest absolute Gasteiger partial charge is 0.332 e. The first kappa shape index (κ1) is 30.4. The first-order valence-electron chi connectivity index (χ1n) is 13.5. The molecule has 1 unspecified atom stereocenters. The molecule has 0 radical (unpaired) electrons. The van der Waals surface area contributed by atoms with Crippen molar-refractivity contribution in [2.24, 2.45) is 14.1 Å². The molecule has 3 aromatic rings. The van der Waals surface area contributed by atoms with Crippen LogP contribution in [0.5, 0.6) is 0 Å². The van der Waals surface area contributed by atoms with Gasteiger partial charge in [0, 0.05) is 26.7 Å². The van der Waals surface area contributed by atoms with Crippen molar-refractivity contribution >= 4 is 11.2 Å². The maximum absolute atomic E-state index is 12.5. The van der Waals surface area contributed by atoms with Gasteiger partial charge in [0.15, 0.2) is 11.2 Å². The molecule has 35 heavy (non-hydrogen) atoms. The van der Waals surface area contributed by atoms with Gasteiger partial charge in [0.1, 0.15) is 0 Å². The van der Waals surface area contributed by atoms with E-state index in [1.165, 1.54) is 35.6 Å². The van der Waals surface area contributed by atoms with Crippen LogP contribution < -0.4 is 16.6 Å². The van der Waals surface area contributed by atoms with E-state index in [4.69, 9.17) is 0 Å². The van der Waals surface area contributed by atoms with Crippen LogP contribution in [0.25, 0.3) is 11.2 Å². The van der Waals surface area contributed by atoms with Crippen LogP contribution in [0.1, 0.15) is 90.8 Å². The highest BCUT2D eigenvalue weighted by molar-refractivity contribution is 5.69. The molecule has 4 rings (SSSR count). The van der Waals surface area contributed by atoms with Gasteiger partial charge < -0.3 is 9.88 Å². The molecule has 7 heteroatoms. The number of unbranched alkanes of at least 4 members (excludes halogenated alkanes) is 3. The van der Waals surface area contributed by atoms with Crippen molar-refractivity contribution < 1.29 is 0 Å². The van der Waals surface area contributed by atoms with Crippen LogP contribution in [0.4, 0.5) is 0 Å². The summed E-state index contributed by atoms with van der Waals surface area (Å²) in [5.41, 5.74) is 3.30. The van der Waals surface area contributed by atoms with E-state index >= 15 is 0 Å². The lowest BCUT2D eigenvalue weighted by Crippen LogP contribution is -2.37. The third kappa shape index (κ3) is 7.40. The normalized spacial score (nSPS) is 13.7. The van der Waals surface area contributed by atoms with Gasteiger partial charge in [-0.15, -0.1) is 0 Å². The summed E-state index contributed by atoms with van der Waals surface area (Å²) < 4.78 is 4.46. The average Bonchev–Trinajstić information content (AvgIpc) is 3.54. The summed E-state index contributed by atoms with van der Waals surface area (Å²) in [6.07, 6.45) is 8.45. The fraction of sp³-hybridized carbons (Fsp3) is 0.607. The predicted octanol–water partition coefficient (Wildman–Crippen LogP) is 5.35. The van der Waals surface area contributed by atoms with E-state index < -0.39 is 0 Å². The molecule has 7 nitrogen and oxygen atoms in total. The second-order valence-corrected chi connectivity index (χ2v) is 7.97. The Morgan fingerprint density at radius 2 is 1.57 bits per heavy atom. The molecule has 0 aliphatic heterocycles. The lowest BCUT2D eigenvalue weighted by atomic mass is 10.1. The monoisotopic (exact) mass is 485 g/mol. The van der Waals surface area contributed by atoms with Gasteiger partial charge in [0.2, 0.25) is 0 Å². The number of rotatable bonds is 8. The van der Waals surface area contributed by atoms with Crippen LogP contribution in [-0.2, 0) is 27.1 Å². The van der Waals surface area contributed by atoms with Crippen molar-refractivity contribution in [3.63, 3.8) is 0 Å². The summed E-state index contributed by atoms with van der Waals surface area (Å²) in [5.74, 6) is 0. The fourth-order valence-corrected chi connectivity index (χ4v) is 4.37. The van der Waals surface area contributed by atoms with Gasteiger partial charge in [-0.25, -0.2) is 9.78 Å². The Bertz CT molecular complexity index is 1130. The first-order chi connectivity index (χ1) is 17.1. The van der Waals surface area contributed by atoms with Crippen molar-refractivity contribution in [2.45, 2.75) is 92.7 Å². The summed E-state index contributed by atoms with van der Waals surface area (Å²) in [7, 11) is 3.16. The summed E-state index contributed by atoms with van der Waals surface area (Å²) in [4.78, 5) is 28.7. The highest BCUT2D eigenvalue weighted by Gasteiger charge is 2.20. The minimum Gasteiger partial charge on any atom is -0.325 e. The molecule has 196 valence electrons. The van der Waals surface area contributed by atoms with E-state index in [-0.39, 0.29) is 11.2 Å². The van der Waals surface area contributed by atoms with Gasteiger partial charge in [-0.1, -0.05) is 78.6 Å². The summed E-state index contributed by atoms with van der Waals surface area (Å²) in [5, 5.41) is 3.70. The highest BCUT2D eigenvalue weighted by atomic mass is 16.2. The molecule has 1 N–H and O–H groups in total. The number of aryl methyl sites for hydroxylation is 3.